The van der Waals surface area contributed by atoms with Crippen molar-refractivity contribution in [2.24, 2.45) is 0 Å². The maximum absolute atomic E-state index is 9.65. The first-order chi connectivity index (χ1) is 33.0. The fraction of sp³-hybridized carbons (Fsp3) is 0.291. The van der Waals surface area contributed by atoms with Gasteiger partial charge in [-0.25, -0.2) is 0 Å². The summed E-state index contributed by atoms with van der Waals surface area (Å²) in [5.74, 6) is 2.42. The van der Waals surface area contributed by atoms with Gasteiger partial charge in [0.1, 0.15) is 35.5 Å². The highest BCUT2D eigenvalue weighted by atomic mass is 127. The Labute approximate surface area is 425 Å². The molecule has 15 heteroatoms. The molecule has 0 amide bonds. The Morgan fingerprint density at radius 1 is 0.586 bits per heavy atom. The summed E-state index contributed by atoms with van der Waals surface area (Å²) in [4.78, 5) is 0. The summed E-state index contributed by atoms with van der Waals surface area (Å²) in [6.45, 7) is 16.9. The van der Waals surface area contributed by atoms with Gasteiger partial charge in [-0.05, 0) is 143 Å². The number of hydrogen-bond acceptors (Lipinski definition) is 10. The number of hydrogen-bond donors (Lipinski definition) is 2. The average molecular weight is 1050 g/mol. The summed E-state index contributed by atoms with van der Waals surface area (Å²) in [6.07, 6.45) is 1.88. The lowest BCUT2D eigenvalue weighted by Gasteiger charge is -2.32. The summed E-state index contributed by atoms with van der Waals surface area (Å²) in [5.41, 5.74) is 20.5. The van der Waals surface area contributed by atoms with Gasteiger partial charge in [-0.2, -0.15) is 15.8 Å². The van der Waals surface area contributed by atoms with Crippen molar-refractivity contribution >= 4 is 79.3 Å². The molecule has 70 heavy (non-hydrogen) atoms. The Kier molecular flexibility index (Phi) is 17.7. The summed E-state index contributed by atoms with van der Waals surface area (Å²) < 4.78 is 34.8. The van der Waals surface area contributed by atoms with E-state index in [1.165, 1.54) is 0 Å². The quantitative estimate of drug-likeness (QED) is 0.0843. The zero-order valence-electron chi connectivity index (χ0n) is 40.8. The Balaban J connectivity index is 0.000000175. The molecule has 8 aromatic rings. The number of methoxy groups -OCH3 is 3. The van der Waals surface area contributed by atoms with Crippen LogP contribution in [0.2, 0.25) is 0 Å². The Hall–Kier alpha value is -7.10. The molecule has 0 saturated carbocycles. The molecule has 1 aliphatic heterocycles. The van der Waals surface area contributed by atoms with Crippen molar-refractivity contribution in [1.82, 2.24) is 13.7 Å². The maximum atomic E-state index is 9.65. The van der Waals surface area contributed by atoms with Crippen LogP contribution in [0.25, 0.3) is 44.0 Å². The molecule has 4 N–H and O–H groups in total. The predicted octanol–water partition coefficient (Wildman–Crippen LogP) is 11.7. The van der Waals surface area contributed by atoms with Crippen LogP contribution in [0, 0.1) is 37.7 Å². The molecule has 0 bridgehead atoms. The smallest absolute Gasteiger partial charge is 0.494 e. The SMILES string of the molecule is C.CC1(C)OB(c2ccc(N)cc2)OC1(C)C.CCn1c(-c2ccc(N)cc2)c(C#N)c2ccc(OC)cc21.CCn1c(I)c(C#N)c2ccc(OC)cc21.CCn1cc(C#N)c2ccc(OC)cc21. The highest BCUT2D eigenvalue weighted by Gasteiger charge is 2.51. The van der Waals surface area contributed by atoms with Gasteiger partial charge in [0.2, 0.25) is 0 Å². The number of benzene rings is 5. The van der Waals surface area contributed by atoms with Gasteiger partial charge >= 0.3 is 7.12 Å². The highest BCUT2D eigenvalue weighted by molar-refractivity contribution is 14.1. The standard InChI is InChI=1S/C18H17N3O.C12H18BNO2.C12H11IN2O.C12H12N2O.CH4/c1-3-21-17-10-14(22-2)8-9-15(17)16(11-19)18(21)12-4-6-13(20)7-5-12;1-11(2)12(3,4)16-13(15-11)9-5-7-10(14)8-6-9;1-3-15-11-6-8(16-2)4-5-9(11)10(7-14)12(15)13;1-3-14-8-9(7-13)11-5-4-10(15-2)6-12(11)14;/h4-10H,3,20H2,1-2H3;5-8H,14H2,1-4H3;4-6H,3H2,1-2H3;4-6,8H,3H2,1-2H3;1H4. The number of fused-ring (bicyclic) bond motifs is 3. The van der Waals surface area contributed by atoms with Gasteiger partial charge in [-0.15, -0.1) is 0 Å². The average Bonchev–Trinajstić information content (AvgIpc) is 4.04. The van der Waals surface area contributed by atoms with E-state index in [-0.39, 0.29) is 25.7 Å². The van der Waals surface area contributed by atoms with E-state index in [1.807, 2.05) is 137 Å². The molecule has 1 aliphatic rings. The fourth-order valence-electron chi connectivity index (χ4n) is 8.06. The van der Waals surface area contributed by atoms with E-state index in [0.29, 0.717) is 11.3 Å². The van der Waals surface area contributed by atoms with Gasteiger partial charge in [-0.1, -0.05) is 31.7 Å². The van der Waals surface area contributed by atoms with Gasteiger partial charge in [0.05, 0.1) is 75.2 Å². The molecular weight excluding hydrogens is 990 g/mol. The van der Waals surface area contributed by atoms with Crippen molar-refractivity contribution in [3.8, 4) is 46.7 Å². The minimum atomic E-state index is -0.300. The second kappa shape index (κ2) is 23.0. The number of rotatable bonds is 8. The van der Waals surface area contributed by atoms with Gasteiger partial charge in [0.15, 0.2) is 0 Å². The van der Waals surface area contributed by atoms with Crippen molar-refractivity contribution in [3.63, 3.8) is 0 Å². The zero-order chi connectivity index (χ0) is 50.2. The van der Waals surface area contributed by atoms with E-state index in [4.69, 9.17) is 45.5 Å². The first-order valence-corrected chi connectivity index (χ1v) is 23.6. The number of aromatic nitrogens is 3. The molecule has 1 fully saturated rings. The second-order valence-corrected chi connectivity index (χ2v) is 18.1. The second-order valence-electron chi connectivity index (χ2n) is 17.1. The normalized spacial score (nSPS) is 13.0. The Morgan fingerprint density at radius 2 is 1.03 bits per heavy atom. The topological polar surface area (TPSA) is 184 Å². The molecule has 0 atom stereocenters. The molecule has 4 heterocycles. The third-order valence-electron chi connectivity index (χ3n) is 12.5. The van der Waals surface area contributed by atoms with Crippen LogP contribution < -0.4 is 31.1 Å². The lowest BCUT2D eigenvalue weighted by molar-refractivity contribution is 0.00578. The van der Waals surface area contributed by atoms with Gasteiger partial charge in [-0.3, -0.25) is 0 Å². The number of halogens is 1. The van der Waals surface area contributed by atoms with E-state index in [9.17, 15) is 5.26 Å². The zero-order valence-corrected chi connectivity index (χ0v) is 43.0. The number of anilines is 2. The molecule has 0 radical (unpaired) electrons. The molecule has 0 spiro atoms. The lowest BCUT2D eigenvalue weighted by atomic mass is 9.79. The van der Waals surface area contributed by atoms with Gasteiger partial charge < -0.3 is 48.7 Å². The van der Waals surface area contributed by atoms with Crippen LogP contribution in [0.1, 0.15) is 72.6 Å². The first-order valence-electron chi connectivity index (χ1n) is 22.5. The maximum Gasteiger partial charge on any atom is 0.494 e. The van der Waals surface area contributed by atoms with E-state index in [2.05, 4.69) is 75.3 Å². The van der Waals surface area contributed by atoms with Crippen LogP contribution in [0.5, 0.6) is 17.2 Å². The van der Waals surface area contributed by atoms with Crippen LogP contribution in [0.15, 0.2) is 109 Å². The minimum Gasteiger partial charge on any atom is -0.497 e. The fourth-order valence-corrected chi connectivity index (χ4v) is 9.07. The third kappa shape index (κ3) is 11.0. The third-order valence-corrected chi connectivity index (χ3v) is 13.7. The molecule has 0 aliphatic carbocycles. The number of nitriles is 3. The van der Waals surface area contributed by atoms with Crippen LogP contribution >= 0.6 is 22.6 Å². The predicted molar refractivity (Wildman–Crippen MR) is 293 cm³/mol. The number of nitrogens with zero attached hydrogens (tertiary/aromatic N) is 6. The molecule has 1 saturated heterocycles. The molecule has 5 aromatic carbocycles. The van der Waals surface area contributed by atoms with Crippen molar-refractivity contribution in [2.45, 2.75) is 86.7 Å². The molecule has 13 nitrogen and oxygen atoms in total. The Bertz CT molecular complexity index is 3210. The van der Waals surface area contributed by atoms with Crippen LogP contribution in [0.4, 0.5) is 11.4 Å². The minimum absolute atomic E-state index is 0. The lowest BCUT2D eigenvalue weighted by Crippen LogP contribution is -2.41. The van der Waals surface area contributed by atoms with Gasteiger partial charge in [0.25, 0.3) is 0 Å². The number of ether oxygens (including phenoxy) is 3. The van der Waals surface area contributed by atoms with Crippen LogP contribution in [-0.4, -0.2) is 53.4 Å². The van der Waals surface area contributed by atoms with E-state index < -0.39 is 0 Å². The van der Waals surface area contributed by atoms with E-state index >= 15 is 0 Å². The Morgan fingerprint density at radius 3 is 1.47 bits per heavy atom. The highest BCUT2D eigenvalue weighted by Crippen LogP contribution is 2.38. The molecule has 9 rings (SSSR count). The van der Waals surface area contributed by atoms with Crippen molar-refractivity contribution < 1.29 is 23.5 Å². The molecule has 0 unspecified atom stereocenters. The summed E-state index contributed by atoms with van der Waals surface area (Å²) in [5, 5.41) is 30.7. The van der Waals surface area contributed by atoms with Crippen molar-refractivity contribution in [3.05, 3.63) is 130 Å². The van der Waals surface area contributed by atoms with Crippen LogP contribution in [-0.2, 0) is 28.9 Å². The first kappa shape index (κ1) is 53.9. The monoisotopic (exact) mass is 1050 g/mol. The summed E-state index contributed by atoms with van der Waals surface area (Å²) in [7, 11) is 4.64. The van der Waals surface area contributed by atoms with Crippen LogP contribution in [0.3, 0.4) is 0 Å². The number of aryl methyl sites for hydroxylation is 3. The van der Waals surface area contributed by atoms with E-state index in [0.717, 1.165) is 107 Å². The number of nitrogens with two attached hydrogens (primary N) is 2. The van der Waals surface area contributed by atoms with Crippen molar-refractivity contribution in [2.75, 3.05) is 32.8 Å². The van der Waals surface area contributed by atoms with Gasteiger partial charge in [0, 0.05) is 71.6 Å². The summed E-state index contributed by atoms with van der Waals surface area (Å²) >= 11 is 2.22. The molecular formula is C55H62BIN8O5. The molecule has 3 aromatic heterocycles. The number of nitrogen functional groups attached to an aromatic ring is 2. The van der Waals surface area contributed by atoms with Crippen molar-refractivity contribution in [1.29, 1.82) is 15.8 Å². The summed E-state index contributed by atoms with van der Waals surface area (Å²) in [6, 6.07) is 39.4. The molecule has 362 valence electrons. The largest absolute Gasteiger partial charge is 0.497 e. The van der Waals surface area contributed by atoms with E-state index in [1.54, 1.807) is 21.3 Å².